The Labute approximate surface area is 119 Å². The van der Waals surface area contributed by atoms with E-state index in [4.69, 9.17) is 4.42 Å². The van der Waals surface area contributed by atoms with Gasteiger partial charge in [0, 0.05) is 17.0 Å². The molecule has 102 valence electrons. The lowest BCUT2D eigenvalue weighted by Crippen LogP contribution is -2.35. The van der Waals surface area contributed by atoms with Gasteiger partial charge in [-0.05, 0) is 44.5 Å². The fraction of sp³-hybridized carbons (Fsp3) is 0.375. The third-order valence-corrected chi connectivity index (χ3v) is 3.87. The van der Waals surface area contributed by atoms with Gasteiger partial charge in [-0.1, -0.05) is 18.2 Å². The van der Waals surface area contributed by atoms with Crippen molar-refractivity contribution in [3.05, 3.63) is 54.0 Å². The topological polar surface area (TPSA) is 25.2 Å². The molecule has 0 saturated heterocycles. The number of furan rings is 1. The number of hydrogen-bond acceptors (Lipinski definition) is 3. The molecule has 1 aromatic carbocycles. The van der Waals surface area contributed by atoms with E-state index >= 15 is 0 Å². The van der Waals surface area contributed by atoms with Gasteiger partial charge in [-0.2, -0.15) is 0 Å². The first-order valence-electron chi connectivity index (χ1n) is 6.53. The molecule has 2 aromatic rings. The van der Waals surface area contributed by atoms with Gasteiger partial charge in [0.25, 0.3) is 0 Å². The Morgan fingerprint density at radius 3 is 2.58 bits per heavy atom. The monoisotopic (exact) mass is 275 g/mol. The van der Waals surface area contributed by atoms with Gasteiger partial charge < -0.3 is 9.73 Å². The predicted molar refractivity (Wildman–Crippen MR) is 81.3 cm³/mol. The zero-order chi connectivity index (χ0) is 13.7. The summed E-state index contributed by atoms with van der Waals surface area (Å²) in [4.78, 5) is 1.32. The molecular formula is C16H21NOS. The normalized spacial score (nSPS) is 11.7. The zero-order valence-corrected chi connectivity index (χ0v) is 12.6. The van der Waals surface area contributed by atoms with E-state index < -0.39 is 0 Å². The van der Waals surface area contributed by atoms with Gasteiger partial charge in [-0.3, -0.25) is 0 Å². The Morgan fingerprint density at radius 1 is 1.11 bits per heavy atom. The Bertz CT molecular complexity index is 500. The number of rotatable bonds is 5. The van der Waals surface area contributed by atoms with E-state index in [1.807, 2.05) is 23.9 Å². The standard InChI is InChI=1S/C16H21NOS/c1-16(2,3)17-11-13-7-4-5-9-15(13)19-12-14-8-6-10-18-14/h4-10,17H,11-12H2,1-3H3. The summed E-state index contributed by atoms with van der Waals surface area (Å²) in [5.74, 6) is 1.89. The maximum absolute atomic E-state index is 5.37. The highest BCUT2D eigenvalue weighted by Gasteiger charge is 2.10. The molecule has 2 rings (SSSR count). The first-order valence-corrected chi connectivity index (χ1v) is 7.51. The van der Waals surface area contributed by atoms with Crippen molar-refractivity contribution in [3.8, 4) is 0 Å². The number of nitrogens with one attached hydrogen (secondary N) is 1. The summed E-state index contributed by atoms with van der Waals surface area (Å²) >= 11 is 1.82. The minimum atomic E-state index is 0.138. The van der Waals surface area contributed by atoms with Gasteiger partial charge in [0.05, 0.1) is 12.0 Å². The van der Waals surface area contributed by atoms with Gasteiger partial charge in [0.2, 0.25) is 0 Å². The Morgan fingerprint density at radius 2 is 1.89 bits per heavy atom. The van der Waals surface area contributed by atoms with E-state index in [9.17, 15) is 0 Å². The van der Waals surface area contributed by atoms with Gasteiger partial charge in [-0.25, -0.2) is 0 Å². The quantitative estimate of drug-likeness (QED) is 0.816. The van der Waals surface area contributed by atoms with Crippen LogP contribution in [0.4, 0.5) is 0 Å². The molecule has 1 aromatic heterocycles. The van der Waals surface area contributed by atoms with E-state index in [2.05, 4.69) is 50.4 Å². The second-order valence-corrected chi connectivity index (χ2v) is 6.60. The molecule has 0 saturated carbocycles. The Kier molecular flexibility index (Phi) is 4.72. The number of benzene rings is 1. The third kappa shape index (κ3) is 4.77. The van der Waals surface area contributed by atoms with E-state index in [0.29, 0.717) is 0 Å². The second kappa shape index (κ2) is 6.31. The molecule has 0 fully saturated rings. The molecule has 0 unspecified atom stereocenters. The lowest BCUT2D eigenvalue weighted by atomic mass is 10.1. The van der Waals surface area contributed by atoms with Crippen molar-refractivity contribution in [3.63, 3.8) is 0 Å². The summed E-state index contributed by atoms with van der Waals surface area (Å²) in [7, 11) is 0. The van der Waals surface area contributed by atoms with Crippen molar-refractivity contribution in [2.24, 2.45) is 0 Å². The fourth-order valence-electron chi connectivity index (χ4n) is 1.69. The van der Waals surface area contributed by atoms with Crippen LogP contribution < -0.4 is 5.32 Å². The van der Waals surface area contributed by atoms with Crippen LogP contribution in [0.1, 0.15) is 32.1 Å². The van der Waals surface area contributed by atoms with Crippen molar-refractivity contribution < 1.29 is 4.42 Å². The summed E-state index contributed by atoms with van der Waals surface area (Å²) < 4.78 is 5.37. The van der Waals surface area contributed by atoms with Crippen molar-refractivity contribution >= 4 is 11.8 Å². The van der Waals surface area contributed by atoms with Crippen molar-refractivity contribution in [1.29, 1.82) is 0 Å². The molecule has 0 aliphatic heterocycles. The van der Waals surface area contributed by atoms with Crippen molar-refractivity contribution in [2.45, 2.75) is 43.5 Å². The molecule has 0 radical (unpaired) electrons. The van der Waals surface area contributed by atoms with Gasteiger partial charge >= 0.3 is 0 Å². The van der Waals surface area contributed by atoms with E-state index in [1.165, 1.54) is 10.5 Å². The highest BCUT2D eigenvalue weighted by atomic mass is 32.2. The molecule has 3 heteroatoms. The van der Waals surface area contributed by atoms with Crippen molar-refractivity contribution in [1.82, 2.24) is 5.32 Å². The van der Waals surface area contributed by atoms with E-state index in [-0.39, 0.29) is 5.54 Å². The SMILES string of the molecule is CC(C)(C)NCc1ccccc1SCc1ccco1. The lowest BCUT2D eigenvalue weighted by molar-refractivity contribution is 0.422. The zero-order valence-electron chi connectivity index (χ0n) is 11.8. The minimum absolute atomic E-state index is 0.138. The van der Waals surface area contributed by atoms with Crippen LogP contribution in [-0.2, 0) is 12.3 Å². The third-order valence-electron chi connectivity index (χ3n) is 2.73. The first kappa shape index (κ1) is 14.2. The average Bonchev–Trinajstić information content (AvgIpc) is 2.87. The van der Waals surface area contributed by atoms with Crippen LogP contribution in [0.5, 0.6) is 0 Å². The van der Waals surface area contributed by atoms with Gasteiger partial charge in [0.15, 0.2) is 0 Å². The lowest BCUT2D eigenvalue weighted by Gasteiger charge is -2.21. The van der Waals surface area contributed by atoms with Crippen LogP contribution in [-0.4, -0.2) is 5.54 Å². The van der Waals surface area contributed by atoms with E-state index in [0.717, 1.165) is 18.1 Å². The average molecular weight is 275 g/mol. The summed E-state index contributed by atoms with van der Waals surface area (Å²) in [6.07, 6.45) is 1.73. The fourth-order valence-corrected chi connectivity index (χ4v) is 2.66. The molecule has 0 spiro atoms. The molecule has 2 nitrogen and oxygen atoms in total. The van der Waals surface area contributed by atoms with Crippen molar-refractivity contribution in [2.75, 3.05) is 0 Å². The van der Waals surface area contributed by atoms with Crippen LogP contribution >= 0.6 is 11.8 Å². The highest BCUT2D eigenvalue weighted by Crippen LogP contribution is 2.26. The van der Waals surface area contributed by atoms with Crippen LogP contribution in [0.3, 0.4) is 0 Å². The predicted octanol–water partition coefficient (Wildman–Crippen LogP) is 4.46. The van der Waals surface area contributed by atoms with Gasteiger partial charge in [0.1, 0.15) is 5.76 Å². The van der Waals surface area contributed by atoms with Crippen LogP contribution in [0.2, 0.25) is 0 Å². The molecule has 1 heterocycles. The Hall–Kier alpha value is -1.19. The molecule has 0 amide bonds. The number of thioether (sulfide) groups is 1. The molecular weight excluding hydrogens is 254 g/mol. The summed E-state index contributed by atoms with van der Waals surface area (Å²) in [6.45, 7) is 7.45. The maximum Gasteiger partial charge on any atom is 0.113 e. The summed E-state index contributed by atoms with van der Waals surface area (Å²) in [5, 5.41) is 3.53. The molecule has 19 heavy (non-hydrogen) atoms. The van der Waals surface area contributed by atoms with Crippen LogP contribution in [0.15, 0.2) is 52.0 Å². The molecule has 1 N–H and O–H groups in total. The van der Waals surface area contributed by atoms with Gasteiger partial charge in [-0.15, -0.1) is 11.8 Å². The highest BCUT2D eigenvalue weighted by molar-refractivity contribution is 7.98. The molecule has 0 aliphatic rings. The molecule has 0 bridgehead atoms. The van der Waals surface area contributed by atoms with Crippen LogP contribution in [0, 0.1) is 0 Å². The molecule has 0 atom stereocenters. The van der Waals surface area contributed by atoms with Crippen LogP contribution in [0.25, 0.3) is 0 Å². The molecule has 0 aliphatic carbocycles. The summed E-state index contributed by atoms with van der Waals surface area (Å²) in [5.41, 5.74) is 1.48. The smallest absolute Gasteiger partial charge is 0.113 e. The largest absolute Gasteiger partial charge is 0.468 e. The minimum Gasteiger partial charge on any atom is -0.468 e. The van der Waals surface area contributed by atoms with E-state index in [1.54, 1.807) is 6.26 Å². The summed E-state index contributed by atoms with van der Waals surface area (Å²) in [6, 6.07) is 12.5. The maximum atomic E-state index is 5.37. The first-order chi connectivity index (χ1) is 9.04. The Balaban J connectivity index is 1.99. The second-order valence-electron chi connectivity index (χ2n) is 5.58. The number of hydrogen-bond donors (Lipinski definition) is 1.